The minimum Gasteiger partial charge on any atom is -0.368 e. The number of fused-ring (bicyclic) bond motifs is 2. The molecule has 0 unspecified atom stereocenters. The van der Waals surface area contributed by atoms with Gasteiger partial charge in [0.25, 0.3) is 0 Å². The Morgan fingerprint density at radius 2 is 1.83 bits per heavy atom. The fraction of sp³-hybridized carbons (Fsp3) is 0.238. The van der Waals surface area contributed by atoms with Crippen molar-refractivity contribution in [2.75, 3.05) is 25.0 Å². The van der Waals surface area contributed by atoms with Crippen LogP contribution < -0.4 is 16.0 Å². The van der Waals surface area contributed by atoms with Crippen LogP contribution in [0, 0.1) is 0 Å². The molecule has 0 spiro atoms. The molecule has 4 rings (SSSR count). The van der Waals surface area contributed by atoms with Crippen LogP contribution in [0.15, 0.2) is 65.8 Å². The first-order chi connectivity index (χ1) is 14.3. The molecule has 156 valence electrons. The van der Waals surface area contributed by atoms with Crippen LogP contribution in [0.2, 0.25) is 0 Å². The Balaban J connectivity index is 0.00000256. The van der Waals surface area contributed by atoms with Gasteiger partial charge in [0, 0.05) is 31.2 Å². The van der Waals surface area contributed by atoms with Crippen molar-refractivity contribution in [1.29, 1.82) is 0 Å². The average Bonchev–Trinajstić information content (AvgIpc) is 3.18. The molecule has 1 aromatic carbocycles. The molecule has 3 heterocycles. The molecule has 3 aromatic heterocycles. The Hall–Kier alpha value is -2.95. The van der Waals surface area contributed by atoms with Crippen molar-refractivity contribution in [3.63, 3.8) is 0 Å². The number of nitrogens with zero attached hydrogens (tertiary/aromatic N) is 5. The van der Waals surface area contributed by atoms with Crippen LogP contribution in [0.5, 0.6) is 0 Å². The Bertz CT molecular complexity index is 1120. The molecule has 0 aliphatic carbocycles. The summed E-state index contributed by atoms with van der Waals surface area (Å²) in [5.74, 6) is 2.41. The minimum absolute atomic E-state index is 0. The first-order valence-electron chi connectivity index (χ1n) is 9.74. The molecular weight excluding hydrogens is 491 g/mol. The molecule has 0 atom stereocenters. The third kappa shape index (κ3) is 5.35. The monoisotopic (exact) mass is 516 g/mol. The maximum atomic E-state index is 4.62. The normalized spacial score (nSPS) is 11.3. The summed E-state index contributed by atoms with van der Waals surface area (Å²) in [5.41, 5.74) is 1.81. The highest BCUT2D eigenvalue weighted by molar-refractivity contribution is 14.0. The predicted molar refractivity (Wildman–Crippen MR) is 131 cm³/mol. The van der Waals surface area contributed by atoms with E-state index in [0.717, 1.165) is 47.2 Å². The summed E-state index contributed by atoms with van der Waals surface area (Å²) in [5, 5.41) is 19.4. The number of anilines is 1. The van der Waals surface area contributed by atoms with Crippen LogP contribution in [0.1, 0.15) is 12.7 Å². The zero-order valence-corrected chi connectivity index (χ0v) is 19.1. The fourth-order valence-corrected chi connectivity index (χ4v) is 3.03. The van der Waals surface area contributed by atoms with E-state index in [1.54, 1.807) is 0 Å². The van der Waals surface area contributed by atoms with Gasteiger partial charge in [0.05, 0.1) is 5.52 Å². The second-order valence-corrected chi connectivity index (χ2v) is 6.48. The lowest BCUT2D eigenvalue weighted by molar-refractivity contribution is 0.802. The van der Waals surface area contributed by atoms with Crippen molar-refractivity contribution in [3.05, 3.63) is 66.6 Å². The Morgan fingerprint density at radius 1 is 0.967 bits per heavy atom. The van der Waals surface area contributed by atoms with E-state index in [1.165, 1.54) is 0 Å². The van der Waals surface area contributed by atoms with Crippen molar-refractivity contribution in [3.8, 4) is 0 Å². The first-order valence-corrected chi connectivity index (χ1v) is 9.74. The summed E-state index contributed by atoms with van der Waals surface area (Å²) >= 11 is 0. The molecule has 0 bridgehead atoms. The Kier molecular flexibility index (Phi) is 7.77. The molecule has 3 N–H and O–H groups in total. The predicted octanol–water partition coefficient (Wildman–Crippen LogP) is 3.06. The lowest BCUT2D eigenvalue weighted by Gasteiger charge is -2.12. The average molecular weight is 516 g/mol. The third-order valence-corrected chi connectivity index (χ3v) is 4.43. The van der Waals surface area contributed by atoms with E-state index in [4.69, 9.17) is 0 Å². The lowest BCUT2D eigenvalue weighted by Crippen LogP contribution is -2.39. The van der Waals surface area contributed by atoms with E-state index in [-0.39, 0.29) is 24.0 Å². The van der Waals surface area contributed by atoms with Crippen LogP contribution in [0.3, 0.4) is 0 Å². The van der Waals surface area contributed by atoms with Gasteiger partial charge in [0.1, 0.15) is 12.4 Å². The van der Waals surface area contributed by atoms with Crippen LogP contribution in [0.4, 0.5) is 5.82 Å². The van der Waals surface area contributed by atoms with Gasteiger partial charge in [-0.15, -0.1) is 34.2 Å². The van der Waals surface area contributed by atoms with Gasteiger partial charge in [-0.1, -0.05) is 24.3 Å². The van der Waals surface area contributed by atoms with E-state index in [0.29, 0.717) is 13.1 Å². The number of aliphatic imine (C=N–C) groups is 1. The van der Waals surface area contributed by atoms with Gasteiger partial charge in [-0.3, -0.25) is 4.40 Å². The molecule has 0 saturated carbocycles. The summed E-state index contributed by atoms with van der Waals surface area (Å²) in [7, 11) is 0. The van der Waals surface area contributed by atoms with E-state index in [2.05, 4.69) is 48.3 Å². The molecule has 0 amide bonds. The van der Waals surface area contributed by atoms with Crippen LogP contribution in [-0.4, -0.2) is 45.2 Å². The largest absolute Gasteiger partial charge is 0.368 e. The van der Waals surface area contributed by atoms with E-state index >= 15 is 0 Å². The van der Waals surface area contributed by atoms with Gasteiger partial charge in [-0.05, 0) is 37.3 Å². The number of hydrogen-bond donors (Lipinski definition) is 3. The number of guanidine groups is 1. The van der Waals surface area contributed by atoms with Crippen LogP contribution >= 0.6 is 24.0 Å². The Morgan fingerprint density at radius 3 is 2.73 bits per heavy atom. The second-order valence-electron chi connectivity index (χ2n) is 6.48. The van der Waals surface area contributed by atoms with Crippen LogP contribution in [-0.2, 0) is 6.54 Å². The molecule has 0 radical (unpaired) electrons. The third-order valence-electron chi connectivity index (χ3n) is 4.43. The lowest BCUT2D eigenvalue weighted by atomic mass is 10.2. The van der Waals surface area contributed by atoms with Crippen molar-refractivity contribution in [2.45, 2.75) is 13.5 Å². The topological polar surface area (TPSA) is 91.5 Å². The number of para-hydroxylation sites is 1. The number of hydrogen-bond acceptors (Lipinski definition) is 5. The molecule has 0 fully saturated rings. The first kappa shape index (κ1) is 21.8. The van der Waals surface area contributed by atoms with Crippen molar-refractivity contribution in [2.24, 2.45) is 4.99 Å². The Labute approximate surface area is 192 Å². The van der Waals surface area contributed by atoms with Gasteiger partial charge < -0.3 is 16.0 Å². The molecule has 0 aliphatic heterocycles. The summed E-state index contributed by atoms with van der Waals surface area (Å²) in [6.45, 7) is 4.71. The smallest absolute Gasteiger partial charge is 0.191 e. The molecule has 0 aliphatic rings. The second kappa shape index (κ2) is 10.7. The molecular formula is C21H25IN8. The number of pyridine rings is 2. The minimum atomic E-state index is 0. The highest BCUT2D eigenvalue weighted by Crippen LogP contribution is 2.14. The summed E-state index contributed by atoms with van der Waals surface area (Å²) in [6, 6.07) is 18.0. The highest BCUT2D eigenvalue weighted by atomic mass is 127. The molecule has 8 nitrogen and oxygen atoms in total. The molecule has 9 heteroatoms. The van der Waals surface area contributed by atoms with Crippen molar-refractivity contribution >= 4 is 52.3 Å². The number of aromatic nitrogens is 4. The zero-order valence-electron chi connectivity index (χ0n) is 16.7. The SMILES string of the molecule is CCNC(=NCc1nnc2ccccn12)NCCNc1ccc2ccccc2n1.I. The zero-order chi connectivity index (χ0) is 19.9. The number of benzene rings is 1. The van der Waals surface area contributed by atoms with Gasteiger partial charge in [0.2, 0.25) is 0 Å². The van der Waals surface area contributed by atoms with Crippen LogP contribution in [0.25, 0.3) is 16.6 Å². The van der Waals surface area contributed by atoms with Crippen molar-refractivity contribution in [1.82, 2.24) is 30.2 Å². The summed E-state index contributed by atoms with van der Waals surface area (Å²) < 4.78 is 1.94. The van der Waals surface area contributed by atoms with E-state index in [1.807, 2.05) is 60.0 Å². The van der Waals surface area contributed by atoms with Gasteiger partial charge in [0.15, 0.2) is 17.4 Å². The maximum absolute atomic E-state index is 4.62. The molecule has 4 aromatic rings. The highest BCUT2D eigenvalue weighted by Gasteiger charge is 2.04. The van der Waals surface area contributed by atoms with Gasteiger partial charge in [-0.2, -0.15) is 0 Å². The van der Waals surface area contributed by atoms with E-state index in [9.17, 15) is 0 Å². The summed E-state index contributed by atoms with van der Waals surface area (Å²) in [6.07, 6.45) is 1.95. The van der Waals surface area contributed by atoms with Gasteiger partial charge >= 0.3 is 0 Å². The number of halogens is 1. The maximum Gasteiger partial charge on any atom is 0.191 e. The summed E-state index contributed by atoms with van der Waals surface area (Å²) in [4.78, 5) is 9.24. The molecule has 0 saturated heterocycles. The van der Waals surface area contributed by atoms with E-state index < -0.39 is 0 Å². The number of rotatable bonds is 7. The number of nitrogens with one attached hydrogen (secondary N) is 3. The fourth-order valence-electron chi connectivity index (χ4n) is 3.03. The standard InChI is InChI=1S/C21H24N8.HI/c1-2-22-21(25-15-20-28-27-19-9-5-6-14-29(19)20)24-13-12-23-18-11-10-16-7-3-4-8-17(16)26-18;/h3-11,14H,2,12-13,15H2,1H3,(H,23,26)(H2,22,24,25);1H. The van der Waals surface area contributed by atoms with Gasteiger partial charge in [-0.25, -0.2) is 9.98 Å². The van der Waals surface area contributed by atoms with Crippen molar-refractivity contribution < 1.29 is 0 Å². The molecule has 30 heavy (non-hydrogen) atoms. The quantitative estimate of drug-likeness (QED) is 0.151.